The Balaban J connectivity index is 1.71. The van der Waals surface area contributed by atoms with Crippen molar-refractivity contribution in [2.75, 3.05) is 13.1 Å². The number of hydrogen-bond donors (Lipinski definition) is 1. The van der Waals surface area contributed by atoms with Gasteiger partial charge in [0.25, 0.3) is 0 Å². The summed E-state index contributed by atoms with van der Waals surface area (Å²) in [4.78, 5) is 3.56. The van der Waals surface area contributed by atoms with Gasteiger partial charge in [-0.25, -0.2) is 0 Å². The number of thiocarbonyl (C=S) groups is 1. The second-order valence-corrected chi connectivity index (χ2v) is 5.90. The smallest absolute Gasteiger partial charge is 0.0771 e. The van der Waals surface area contributed by atoms with Crippen molar-refractivity contribution in [2.24, 2.45) is 0 Å². The third-order valence-corrected chi connectivity index (χ3v) is 4.14. The fraction of sp³-hybridized carbons (Fsp3) is 0.562. The summed E-state index contributed by atoms with van der Waals surface area (Å²) in [6.45, 7) is 5.61. The molecule has 1 aromatic carbocycles. The van der Waals surface area contributed by atoms with Crippen molar-refractivity contribution in [2.45, 2.75) is 45.2 Å². The lowest BCUT2D eigenvalue weighted by atomic mass is 10.1. The first kappa shape index (κ1) is 14.5. The Morgan fingerprint density at radius 1 is 1.21 bits per heavy atom. The highest BCUT2D eigenvalue weighted by Gasteiger charge is 2.17. The molecule has 1 aliphatic heterocycles. The minimum atomic E-state index is 0.566. The lowest BCUT2D eigenvalue weighted by molar-refractivity contribution is 0.177. The highest BCUT2D eigenvalue weighted by Crippen LogP contribution is 2.14. The van der Waals surface area contributed by atoms with Gasteiger partial charge in [-0.3, -0.25) is 0 Å². The van der Waals surface area contributed by atoms with Gasteiger partial charge in [-0.1, -0.05) is 49.0 Å². The molecule has 0 bridgehead atoms. The largest absolute Gasteiger partial charge is 0.376 e. The van der Waals surface area contributed by atoms with Crippen molar-refractivity contribution >= 4 is 17.2 Å². The standard InChI is InChI=1S/C16H24N2S/c1-14(18-10-6-3-7-11-18)12-16(19)17-13-15-8-4-2-5-9-15/h2,4-5,8-9,14H,3,6-7,10-13H2,1H3,(H,17,19). The van der Waals surface area contributed by atoms with Crippen LogP contribution in [0, 0.1) is 0 Å². The summed E-state index contributed by atoms with van der Waals surface area (Å²) in [6.07, 6.45) is 5.05. The van der Waals surface area contributed by atoms with Crippen LogP contribution in [0.15, 0.2) is 30.3 Å². The molecular weight excluding hydrogens is 252 g/mol. The first-order valence-corrected chi connectivity index (χ1v) is 7.71. The molecule has 0 spiro atoms. The molecule has 1 atom stereocenters. The Labute approximate surface area is 122 Å². The van der Waals surface area contributed by atoms with Gasteiger partial charge in [-0.2, -0.15) is 0 Å². The number of rotatable bonds is 5. The molecule has 1 N–H and O–H groups in total. The molecule has 0 aliphatic carbocycles. The van der Waals surface area contributed by atoms with Gasteiger partial charge in [0.15, 0.2) is 0 Å². The van der Waals surface area contributed by atoms with Crippen LogP contribution >= 0.6 is 12.2 Å². The van der Waals surface area contributed by atoms with E-state index in [0.29, 0.717) is 6.04 Å². The lowest BCUT2D eigenvalue weighted by Gasteiger charge is -2.32. The van der Waals surface area contributed by atoms with Crippen molar-refractivity contribution in [1.29, 1.82) is 0 Å². The lowest BCUT2D eigenvalue weighted by Crippen LogP contribution is -2.40. The number of nitrogens with zero attached hydrogens (tertiary/aromatic N) is 1. The molecule has 1 heterocycles. The summed E-state index contributed by atoms with van der Waals surface area (Å²) in [7, 11) is 0. The van der Waals surface area contributed by atoms with E-state index < -0.39 is 0 Å². The average Bonchev–Trinajstić information content (AvgIpc) is 2.47. The average molecular weight is 276 g/mol. The summed E-state index contributed by atoms with van der Waals surface area (Å²) in [5.41, 5.74) is 1.29. The van der Waals surface area contributed by atoms with E-state index in [0.717, 1.165) is 18.0 Å². The maximum atomic E-state index is 5.46. The molecule has 0 aromatic heterocycles. The third-order valence-electron chi connectivity index (χ3n) is 3.83. The van der Waals surface area contributed by atoms with Gasteiger partial charge in [0.2, 0.25) is 0 Å². The maximum Gasteiger partial charge on any atom is 0.0771 e. The minimum absolute atomic E-state index is 0.566. The van der Waals surface area contributed by atoms with E-state index in [2.05, 4.69) is 41.4 Å². The Morgan fingerprint density at radius 2 is 1.89 bits per heavy atom. The molecule has 104 valence electrons. The number of nitrogens with one attached hydrogen (secondary N) is 1. The molecule has 1 unspecified atom stereocenters. The van der Waals surface area contributed by atoms with Crippen LogP contribution in [0.4, 0.5) is 0 Å². The zero-order chi connectivity index (χ0) is 13.5. The molecule has 0 amide bonds. The Kier molecular flexibility index (Phi) is 5.80. The molecule has 2 nitrogen and oxygen atoms in total. The van der Waals surface area contributed by atoms with Crippen LogP contribution in [0.25, 0.3) is 0 Å². The molecule has 2 rings (SSSR count). The number of likely N-dealkylation sites (tertiary alicyclic amines) is 1. The van der Waals surface area contributed by atoms with Gasteiger partial charge in [0, 0.05) is 19.0 Å². The Hall–Kier alpha value is -0.930. The Morgan fingerprint density at radius 3 is 2.58 bits per heavy atom. The fourth-order valence-corrected chi connectivity index (χ4v) is 2.94. The molecule has 1 aromatic rings. The van der Waals surface area contributed by atoms with E-state index in [1.165, 1.54) is 37.9 Å². The van der Waals surface area contributed by atoms with E-state index in [9.17, 15) is 0 Å². The van der Waals surface area contributed by atoms with E-state index in [1.807, 2.05) is 6.07 Å². The molecule has 0 saturated carbocycles. The van der Waals surface area contributed by atoms with Gasteiger partial charge in [-0.15, -0.1) is 0 Å². The second-order valence-electron chi connectivity index (χ2n) is 5.41. The van der Waals surface area contributed by atoms with Gasteiger partial charge in [-0.05, 0) is 38.4 Å². The summed E-state index contributed by atoms with van der Waals surface area (Å²) < 4.78 is 0. The number of hydrogen-bond acceptors (Lipinski definition) is 2. The van der Waals surface area contributed by atoms with E-state index in [-0.39, 0.29) is 0 Å². The monoisotopic (exact) mass is 276 g/mol. The second kappa shape index (κ2) is 7.61. The number of piperidine rings is 1. The van der Waals surface area contributed by atoms with Gasteiger partial charge in [0.05, 0.1) is 4.99 Å². The van der Waals surface area contributed by atoms with Gasteiger partial charge >= 0.3 is 0 Å². The van der Waals surface area contributed by atoms with E-state index in [4.69, 9.17) is 12.2 Å². The van der Waals surface area contributed by atoms with Crippen molar-refractivity contribution in [3.05, 3.63) is 35.9 Å². The maximum absolute atomic E-state index is 5.46. The van der Waals surface area contributed by atoms with Crippen LogP contribution in [-0.4, -0.2) is 29.0 Å². The molecular formula is C16H24N2S. The van der Waals surface area contributed by atoms with Crippen molar-refractivity contribution in [1.82, 2.24) is 10.2 Å². The SMILES string of the molecule is CC(CC(=S)NCc1ccccc1)N1CCCCC1. The van der Waals surface area contributed by atoms with Gasteiger partial charge in [0.1, 0.15) is 0 Å². The summed E-state index contributed by atoms with van der Waals surface area (Å²) in [6, 6.07) is 11.0. The van der Waals surface area contributed by atoms with Crippen LogP contribution in [-0.2, 0) is 6.54 Å². The first-order valence-electron chi connectivity index (χ1n) is 7.30. The van der Waals surface area contributed by atoms with Crippen molar-refractivity contribution in [3.8, 4) is 0 Å². The minimum Gasteiger partial charge on any atom is -0.376 e. The Bertz CT molecular complexity index is 385. The quantitative estimate of drug-likeness (QED) is 0.830. The molecule has 3 heteroatoms. The van der Waals surface area contributed by atoms with Gasteiger partial charge < -0.3 is 10.2 Å². The highest BCUT2D eigenvalue weighted by atomic mass is 32.1. The highest BCUT2D eigenvalue weighted by molar-refractivity contribution is 7.80. The summed E-state index contributed by atoms with van der Waals surface area (Å²) >= 11 is 5.46. The van der Waals surface area contributed by atoms with Crippen LogP contribution < -0.4 is 5.32 Å². The third kappa shape index (κ3) is 4.92. The van der Waals surface area contributed by atoms with Crippen molar-refractivity contribution < 1.29 is 0 Å². The molecule has 1 saturated heterocycles. The molecule has 0 radical (unpaired) electrons. The normalized spacial score (nSPS) is 17.9. The summed E-state index contributed by atoms with van der Waals surface area (Å²) in [5, 5.41) is 3.37. The van der Waals surface area contributed by atoms with Crippen LogP contribution in [0.1, 0.15) is 38.2 Å². The van der Waals surface area contributed by atoms with Crippen LogP contribution in [0.3, 0.4) is 0 Å². The summed E-state index contributed by atoms with van der Waals surface area (Å²) in [5.74, 6) is 0. The zero-order valence-corrected chi connectivity index (χ0v) is 12.6. The topological polar surface area (TPSA) is 15.3 Å². The fourth-order valence-electron chi connectivity index (χ4n) is 2.63. The molecule has 19 heavy (non-hydrogen) atoms. The molecule has 1 fully saturated rings. The number of benzene rings is 1. The first-order chi connectivity index (χ1) is 9.25. The van der Waals surface area contributed by atoms with Crippen LogP contribution in [0.5, 0.6) is 0 Å². The van der Waals surface area contributed by atoms with Crippen molar-refractivity contribution in [3.63, 3.8) is 0 Å². The van der Waals surface area contributed by atoms with E-state index in [1.54, 1.807) is 0 Å². The molecule has 1 aliphatic rings. The zero-order valence-electron chi connectivity index (χ0n) is 11.8. The van der Waals surface area contributed by atoms with E-state index >= 15 is 0 Å². The predicted octanol–water partition coefficient (Wildman–Crippen LogP) is 3.37. The van der Waals surface area contributed by atoms with Crippen LogP contribution in [0.2, 0.25) is 0 Å². The predicted molar refractivity (Wildman–Crippen MR) is 85.4 cm³/mol.